The molecular weight excluding hydrogens is 280 g/mol. The van der Waals surface area contributed by atoms with Gasteiger partial charge < -0.3 is 11.1 Å². The predicted molar refractivity (Wildman–Crippen MR) is 103 cm³/mol. The molecule has 0 fully saturated rings. The number of rotatable bonds is 8. The molecule has 0 unspecified atom stereocenters. The van der Waals surface area contributed by atoms with Crippen molar-refractivity contribution in [3.63, 3.8) is 0 Å². The van der Waals surface area contributed by atoms with Gasteiger partial charge >= 0.3 is 0 Å². The van der Waals surface area contributed by atoms with E-state index in [0.29, 0.717) is 0 Å². The smallest absolute Gasteiger partial charge is 0.0398 e. The maximum atomic E-state index is 2.42. The highest BCUT2D eigenvalue weighted by Crippen LogP contribution is 2.25. The lowest BCUT2D eigenvalue weighted by Gasteiger charge is -2.23. The molecule has 0 aromatic heterocycles. The first-order chi connectivity index (χ1) is 10.7. The molecular formula is C21H32N2. The summed E-state index contributed by atoms with van der Waals surface area (Å²) < 4.78 is 0. The van der Waals surface area contributed by atoms with Gasteiger partial charge in [-0.1, -0.05) is 55.8 Å². The van der Waals surface area contributed by atoms with E-state index in [9.17, 15) is 0 Å². The van der Waals surface area contributed by atoms with Crippen LogP contribution in [0.25, 0.3) is 0 Å². The average Bonchev–Trinajstić information content (AvgIpc) is 2.55. The Morgan fingerprint density at radius 1 is 0.870 bits per heavy atom. The third kappa shape index (κ3) is 5.72. The van der Waals surface area contributed by atoms with Crippen molar-refractivity contribution in [1.29, 1.82) is 0 Å². The number of nitrogens with zero attached hydrogens (tertiary/aromatic N) is 1. The highest BCUT2D eigenvalue weighted by molar-refractivity contribution is 5.56. The third-order valence-electron chi connectivity index (χ3n) is 4.38. The summed E-state index contributed by atoms with van der Waals surface area (Å²) in [5.41, 5.74) is 5.81. The zero-order valence-corrected chi connectivity index (χ0v) is 15.0. The molecule has 0 aliphatic heterocycles. The van der Waals surface area contributed by atoms with Crippen LogP contribution in [0.5, 0.6) is 0 Å². The summed E-state index contributed by atoms with van der Waals surface area (Å²) in [5.74, 6) is 0. The van der Waals surface area contributed by atoms with Crippen LogP contribution in [0.4, 0.5) is 5.69 Å². The summed E-state index contributed by atoms with van der Waals surface area (Å²) in [6.45, 7) is 5.64. The molecule has 2 nitrogen and oxygen atoms in total. The first kappa shape index (κ1) is 19.2. The van der Waals surface area contributed by atoms with Crippen molar-refractivity contribution < 1.29 is 0 Å². The Hall–Kier alpha value is -1.80. The highest BCUT2D eigenvalue weighted by Gasteiger charge is 2.09. The quantitative estimate of drug-likeness (QED) is 0.692. The molecule has 2 rings (SSSR count). The molecule has 0 amide bonds. The fraction of sp³-hybridized carbons (Fsp3) is 0.429. The zero-order chi connectivity index (χ0) is 15.8. The lowest BCUT2D eigenvalue weighted by molar-refractivity contribution is 0.756. The Kier molecular flexibility index (Phi) is 8.42. The molecule has 0 atom stereocenters. The van der Waals surface area contributed by atoms with E-state index in [1.807, 2.05) is 0 Å². The van der Waals surface area contributed by atoms with Crippen LogP contribution in [0.15, 0.2) is 48.5 Å². The first-order valence-corrected chi connectivity index (χ1v) is 8.56. The van der Waals surface area contributed by atoms with Gasteiger partial charge in [-0.05, 0) is 55.4 Å². The molecule has 0 bridgehead atoms. The number of unbranched alkanes of at least 4 members (excludes halogenated alkanes) is 1. The van der Waals surface area contributed by atoms with Crippen LogP contribution in [0, 0.1) is 6.92 Å². The summed E-state index contributed by atoms with van der Waals surface area (Å²) in [6, 6.07) is 17.5. The lowest BCUT2D eigenvalue weighted by atomic mass is 9.98. The van der Waals surface area contributed by atoms with Gasteiger partial charge in [-0.3, -0.25) is 0 Å². The average molecular weight is 313 g/mol. The van der Waals surface area contributed by atoms with Crippen molar-refractivity contribution >= 4 is 5.69 Å². The molecule has 0 radical (unpaired) electrons. The monoisotopic (exact) mass is 312 g/mol. The minimum atomic E-state index is 0. The second-order valence-corrected chi connectivity index (χ2v) is 6.19. The number of anilines is 1. The molecule has 0 saturated heterocycles. The molecule has 23 heavy (non-hydrogen) atoms. The van der Waals surface area contributed by atoms with E-state index in [2.05, 4.69) is 74.3 Å². The first-order valence-electron chi connectivity index (χ1n) is 8.56. The van der Waals surface area contributed by atoms with Crippen LogP contribution in [0.3, 0.4) is 0 Å². The summed E-state index contributed by atoms with van der Waals surface area (Å²) in [4.78, 5) is 2.42. The van der Waals surface area contributed by atoms with Gasteiger partial charge in [0.25, 0.3) is 0 Å². The Morgan fingerprint density at radius 3 is 2.30 bits per heavy atom. The Balaban J connectivity index is 0.00000264. The van der Waals surface area contributed by atoms with Gasteiger partial charge in [0, 0.05) is 19.3 Å². The highest BCUT2D eigenvalue weighted by atomic mass is 15.1. The molecule has 0 heterocycles. The SMILES string of the molecule is CCCCN(C)c1cccc(C)c1CCCc1ccccc1.N. The van der Waals surface area contributed by atoms with E-state index in [1.54, 1.807) is 0 Å². The summed E-state index contributed by atoms with van der Waals surface area (Å²) in [5, 5.41) is 0. The summed E-state index contributed by atoms with van der Waals surface area (Å²) >= 11 is 0. The summed E-state index contributed by atoms with van der Waals surface area (Å²) in [6.07, 6.45) is 6.04. The van der Waals surface area contributed by atoms with Gasteiger partial charge in [-0.15, -0.1) is 0 Å². The van der Waals surface area contributed by atoms with Crippen LogP contribution >= 0.6 is 0 Å². The second-order valence-electron chi connectivity index (χ2n) is 6.19. The van der Waals surface area contributed by atoms with E-state index in [0.717, 1.165) is 19.4 Å². The fourth-order valence-electron chi connectivity index (χ4n) is 3.00. The molecule has 0 aliphatic rings. The molecule has 2 heteroatoms. The summed E-state index contributed by atoms with van der Waals surface area (Å²) in [7, 11) is 2.23. The lowest BCUT2D eigenvalue weighted by Crippen LogP contribution is -2.20. The molecule has 0 spiro atoms. The van der Waals surface area contributed by atoms with Gasteiger partial charge in [0.15, 0.2) is 0 Å². The Morgan fingerprint density at radius 2 is 1.61 bits per heavy atom. The second kappa shape index (κ2) is 10.1. The van der Waals surface area contributed by atoms with Crippen molar-refractivity contribution in [2.45, 2.75) is 46.0 Å². The van der Waals surface area contributed by atoms with E-state index in [1.165, 1.54) is 41.6 Å². The zero-order valence-electron chi connectivity index (χ0n) is 15.0. The maximum Gasteiger partial charge on any atom is 0.0398 e. The van der Waals surface area contributed by atoms with E-state index in [-0.39, 0.29) is 6.15 Å². The van der Waals surface area contributed by atoms with Crippen LogP contribution < -0.4 is 11.1 Å². The van der Waals surface area contributed by atoms with Crippen molar-refractivity contribution in [3.8, 4) is 0 Å². The fourth-order valence-corrected chi connectivity index (χ4v) is 3.00. The van der Waals surface area contributed by atoms with Gasteiger partial charge in [0.1, 0.15) is 0 Å². The van der Waals surface area contributed by atoms with Gasteiger partial charge in [-0.2, -0.15) is 0 Å². The van der Waals surface area contributed by atoms with Crippen molar-refractivity contribution in [3.05, 3.63) is 65.2 Å². The van der Waals surface area contributed by atoms with Crippen LogP contribution in [0.2, 0.25) is 0 Å². The minimum absolute atomic E-state index is 0. The van der Waals surface area contributed by atoms with Crippen LogP contribution in [-0.4, -0.2) is 13.6 Å². The van der Waals surface area contributed by atoms with Crippen molar-refractivity contribution in [2.24, 2.45) is 0 Å². The van der Waals surface area contributed by atoms with Gasteiger partial charge in [0.05, 0.1) is 0 Å². The third-order valence-corrected chi connectivity index (χ3v) is 4.38. The largest absolute Gasteiger partial charge is 0.374 e. The normalized spacial score (nSPS) is 10.2. The Labute approximate surface area is 142 Å². The van der Waals surface area contributed by atoms with E-state index in [4.69, 9.17) is 0 Å². The molecule has 126 valence electrons. The van der Waals surface area contributed by atoms with E-state index < -0.39 is 0 Å². The number of benzene rings is 2. The standard InChI is InChI=1S/C21H29N.H3N/c1-4-5-17-22(3)21-16-9-11-18(2)20(21)15-10-14-19-12-7-6-8-13-19;/h6-9,11-13,16H,4-5,10,14-15,17H2,1-3H3;1H3. The molecule has 0 aliphatic carbocycles. The van der Waals surface area contributed by atoms with Gasteiger partial charge in [0.2, 0.25) is 0 Å². The van der Waals surface area contributed by atoms with Crippen LogP contribution in [0.1, 0.15) is 42.9 Å². The van der Waals surface area contributed by atoms with E-state index >= 15 is 0 Å². The van der Waals surface area contributed by atoms with Crippen LogP contribution in [-0.2, 0) is 12.8 Å². The topological polar surface area (TPSA) is 38.2 Å². The number of hydrogen-bond donors (Lipinski definition) is 1. The number of hydrogen-bond acceptors (Lipinski definition) is 2. The molecule has 2 aromatic rings. The number of aryl methyl sites for hydroxylation is 2. The molecule has 2 aromatic carbocycles. The van der Waals surface area contributed by atoms with Gasteiger partial charge in [-0.25, -0.2) is 0 Å². The molecule has 3 N–H and O–H groups in total. The molecule has 0 saturated carbocycles. The maximum absolute atomic E-state index is 2.42. The predicted octanol–water partition coefficient (Wildman–Crippen LogP) is 5.57. The Bertz CT molecular complexity index is 563. The van der Waals surface area contributed by atoms with Crippen molar-refractivity contribution in [1.82, 2.24) is 6.15 Å². The minimum Gasteiger partial charge on any atom is -0.374 e. The van der Waals surface area contributed by atoms with Crippen molar-refractivity contribution in [2.75, 3.05) is 18.5 Å².